The molecule has 1 fully saturated rings. The molecule has 2 heteroatoms. The minimum absolute atomic E-state index is 0.0458. The van der Waals surface area contributed by atoms with E-state index in [-0.39, 0.29) is 4.93 Å². The molecule has 0 bridgehead atoms. The van der Waals surface area contributed by atoms with E-state index in [1.807, 2.05) is 11.8 Å². The minimum Gasteiger partial charge on any atom is -0.476 e. The van der Waals surface area contributed by atoms with Gasteiger partial charge in [0, 0.05) is 5.75 Å². The van der Waals surface area contributed by atoms with Gasteiger partial charge in [-0.2, -0.15) is 0 Å². The van der Waals surface area contributed by atoms with Crippen molar-refractivity contribution in [2.24, 2.45) is 5.41 Å². The fourth-order valence-electron chi connectivity index (χ4n) is 1.76. The third-order valence-corrected chi connectivity index (χ3v) is 4.63. The highest BCUT2D eigenvalue weighted by atomic mass is 32.2. The molecule has 94 valence electrons. The molecule has 0 N–H and O–H groups in total. The summed E-state index contributed by atoms with van der Waals surface area (Å²) in [5, 5.41) is 0. The Balaban J connectivity index is 1.98. The summed E-state index contributed by atoms with van der Waals surface area (Å²) in [5.41, 5.74) is 1.79. The first-order valence-corrected chi connectivity index (χ1v) is 7.33. The second kappa shape index (κ2) is 4.56. The molecule has 0 aromatic heterocycles. The van der Waals surface area contributed by atoms with Gasteiger partial charge in [0.25, 0.3) is 0 Å². The van der Waals surface area contributed by atoms with Crippen LogP contribution in [0.25, 0.3) is 0 Å². The molecule has 1 saturated heterocycles. The molecule has 1 unspecified atom stereocenters. The summed E-state index contributed by atoms with van der Waals surface area (Å²) in [7, 11) is 0. The lowest BCUT2D eigenvalue weighted by atomic mass is 9.83. The molecule has 1 aromatic carbocycles. The van der Waals surface area contributed by atoms with Gasteiger partial charge in [-0.05, 0) is 36.5 Å². The van der Waals surface area contributed by atoms with Crippen LogP contribution in [-0.4, -0.2) is 10.7 Å². The third kappa shape index (κ3) is 3.67. The smallest absolute Gasteiger partial charge is 0.161 e. The van der Waals surface area contributed by atoms with Crippen molar-refractivity contribution < 1.29 is 4.74 Å². The number of thioether (sulfide) groups is 1. The van der Waals surface area contributed by atoms with Gasteiger partial charge in [-0.25, -0.2) is 0 Å². The van der Waals surface area contributed by atoms with Crippen molar-refractivity contribution in [2.75, 3.05) is 5.75 Å². The molecule has 0 aliphatic carbocycles. The maximum atomic E-state index is 5.89. The van der Waals surface area contributed by atoms with E-state index >= 15 is 0 Å². The first-order chi connectivity index (χ1) is 7.92. The lowest BCUT2D eigenvalue weighted by Gasteiger charge is -2.22. The Labute approximate surface area is 109 Å². The van der Waals surface area contributed by atoms with E-state index in [0.717, 1.165) is 17.9 Å². The summed E-state index contributed by atoms with van der Waals surface area (Å²) in [5.74, 6) is 2.10. The van der Waals surface area contributed by atoms with Gasteiger partial charge in [-0.1, -0.05) is 39.3 Å². The zero-order valence-electron chi connectivity index (χ0n) is 11.2. The average molecular weight is 250 g/mol. The molecule has 1 nitrogen and oxygen atoms in total. The molecule has 0 radical (unpaired) electrons. The summed E-state index contributed by atoms with van der Waals surface area (Å²) >= 11 is 1.86. The van der Waals surface area contributed by atoms with Gasteiger partial charge in [0.05, 0.1) is 0 Å². The molecular formula is C15H22OS. The Morgan fingerprint density at radius 1 is 1.29 bits per heavy atom. The molecule has 1 aromatic rings. The van der Waals surface area contributed by atoms with Crippen LogP contribution in [0.15, 0.2) is 24.3 Å². The van der Waals surface area contributed by atoms with E-state index in [1.54, 1.807) is 0 Å². The van der Waals surface area contributed by atoms with Crippen LogP contribution < -0.4 is 4.74 Å². The maximum Gasteiger partial charge on any atom is 0.161 e. The van der Waals surface area contributed by atoms with Gasteiger partial charge >= 0.3 is 0 Å². The predicted molar refractivity (Wildman–Crippen MR) is 75.7 cm³/mol. The fraction of sp³-hybridized carbons (Fsp3) is 0.600. The van der Waals surface area contributed by atoms with Crippen molar-refractivity contribution in [2.45, 2.75) is 45.5 Å². The first kappa shape index (κ1) is 12.8. The van der Waals surface area contributed by atoms with Crippen LogP contribution >= 0.6 is 11.8 Å². The molecule has 1 aliphatic heterocycles. The molecule has 2 rings (SSSR count). The van der Waals surface area contributed by atoms with Crippen LogP contribution in [0.1, 0.15) is 39.7 Å². The fourth-order valence-corrected chi connectivity index (χ4v) is 2.18. The zero-order valence-corrected chi connectivity index (χ0v) is 12.1. The van der Waals surface area contributed by atoms with Crippen LogP contribution in [0, 0.1) is 5.41 Å². The van der Waals surface area contributed by atoms with E-state index in [4.69, 9.17) is 4.74 Å². The largest absolute Gasteiger partial charge is 0.476 e. The van der Waals surface area contributed by atoms with E-state index in [0.29, 0.717) is 5.41 Å². The summed E-state index contributed by atoms with van der Waals surface area (Å²) < 4.78 is 5.89. The van der Waals surface area contributed by atoms with Crippen LogP contribution in [0.2, 0.25) is 0 Å². The quantitative estimate of drug-likeness (QED) is 0.711. The topological polar surface area (TPSA) is 9.23 Å². The predicted octanol–water partition coefficient (Wildman–Crippen LogP) is 4.51. The normalized spacial score (nSPS) is 23.5. The van der Waals surface area contributed by atoms with Gasteiger partial charge in [-0.3, -0.25) is 0 Å². The van der Waals surface area contributed by atoms with Crippen molar-refractivity contribution in [1.82, 2.24) is 0 Å². The number of ether oxygens (including phenoxy) is 1. The van der Waals surface area contributed by atoms with Gasteiger partial charge in [0.2, 0.25) is 0 Å². The Morgan fingerprint density at radius 3 is 2.35 bits per heavy atom. The van der Waals surface area contributed by atoms with Crippen LogP contribution in [0.5, 0.6) is 5.75 Å². The Kier molecular flexibility index (Phi) is 3.44. The van der Waals surface area contributed by atoms with Crippen molar-refractivity contribution in [1.29, 1.82) is 0 Å². The number of hydrogen-bond donors (Lipinski definition) is 0. The van der Waals surface area contributed by atoms with Crippen LogP contribution in [-0.2, 0) is 6.42 Å². The zero-order chi connectivity index (χ0) is 12.5. The molecule has 1 aliphatic rings. The Morgan fingerprint density at radius 2 is 1.88 bits per heavy atom. The molecule has 1 atom stereocenters. The molecule has 17 heavy (non-hydrogen) atoms. The number of benzene rings is 1. The average Bonchev–Trinajstić information content (AvgIpc) is 2.99. The van der Waals surface area contributed by atoms with Crippen molar-refractivity contribution >= 4 is 11.8 Å². The molecule has 0 saturated carbocycles. The van der Waals surface area contributed by atoms with Crippen LogP contribution in [0.4, 0.5) is 0 Å². The number of rotatable bonds is 5. The molecule has 0 spiro atoms. The van der Waals surface area contributed by atoms with Gasteiger partial charge < -0.3 is 4.74 Å². The second-order valence-electron chi connectivity index (χ2n) is 5.86. The van der Waals surface area contributed by atoms with E-state index < -0.39 is 0 Å². The SMILES string of the molecule is CCC(C)(C)Cc1ccc(OC2(C)CS2)cc1. The van der Waals surface area contributed by atoms with Gasteiger partial charge in [-0.15, -0.1) is 11.8 Å². The van der Waals surface area contributed by atoms with E-state index in [1.165, 1.54) is 12.0 Å². The summed E-state index contributed by atoms with van der Waals surface area (Å²) in [6.45, 7) is 9.03. The van der Waals surface area contributed by atoms with Crippen molar-refractivity contribution in [3.8, 4) is 5.75 Å². The van der Waals surface area contributed by atoms with E-state index in [9.17, 15) is 0 Å². The first-order valence-electron chi connectivity index (χ1n) is 6.34. The number of hydrogen-bond acceptors (Lipinski definition) is 2. The Bertz CT molecular complexity index is 376. The van der Waals surface area contributed by atoms with Gasteiger partial charge in [0.1, 0.15) is 5.75 Å². The highest BCUT2D eigenvalue weighted by Crippen LogP contribution is 2.45. The summed E-state index contributed by atoms with van der Waals surface area (Å²) in [6, 6.07) is 8.60. The highest BCUT2D eigenvalue weighted by Gasteiger charge is 2.41. The molecule has 0 amide bonds. The molecular weight excluding hydrogens is 228 g/mol. The van der Waals surface area contributed by atoms with E-state index in [2.05, 4.69) is 52.0 Å². The van der Waals surface area contributed by atoms with Crippen LogP contribution in [0.3, 0.4) is 0 Å². The summed E-state index contributed by atoms with van der Waals surface area (Å²) in [4.78, 5) is 0.0458. The van der Waals surface area contributed by atoms with Gasteiger partial charge in [0.15, 0.2) is 4.93 Å². The lowest BCUT2D eigenvalue weighted by Crippen LogP contribution is -2.14. The monoisotopic (exact) mass is 250 g/mol. The third-order valence-electron chi connectivity index (χ3n) is 3.45. The summed E-state index contributed by atoms with van der Waals surface area (Å²) in [6.07, 6.45) is 2.34. The lowest BCUT2D eigenvalue weighted by molar-refractivity contribution is 0.240. The minimum atomic E-state index is 0.0458. The molecule has 1 heterocycles. The standard InChI is InChI=1S/C15H22OS/c1-5-14(2,3)10-12-6-8-13(9-7-12)16-15(4)11-17-15/h6-9H,5,10-11H2,1-4H3. The highest BCUT2D eigenvalue weighted by molar-refractivity contribution is 8.07. The Hall–Kier alpha value is -0.630. The maximum absolute atomic E-state index is 5.89. The van der Waals surface area contributed by atoms with Crippen molar-refractivity contribution in [3.63, 3.8) is 0 Å². The second-order valence-corrected chi connectivity index (χ2v) is 7.30. The van der Waals surface area contributed by atoms with Crippen molar-refractivity contribution in [3.05, 3.63) is 29.8 Å².